The summed E-state index contributed by atoms with van der Waals surface area (Å²) in [5.74, 6) is 0. The van der Waals surface area contributed by atoms with Gasteiger partial charge in [0.05, 0.1) is 0 Å². The topological polar surface area (TPSA) is 0 Å². The van der Waals surface area contributed by atoms with Gasteiger partial charge in [-0.1, -0.05) is 36.4 Å². The summed E-state index contributed by atoms with van der Waals surface area (Å²) in [4.78, 5) is 2.65. The molecule has 16 heavy (non-hydrogen) atoms. The molecule has 0 N–H and O–H groups in total. The molecule has 0 nitrogen and oxygen atoms in total. The predicted octanol–water partition coefficient (Wildman–Crippen LogP) is 4.82. The van der Waals surface area contributed by atoms with Crippen LogP contribution in [-0.4, -0.2) is 12.5 Å². The van der Waals surface area contributed by atoms with Gasteiger partial charge in [0.2, 0.25) is 0 Å². The van der Waals surface area contributed by atoms with Crippen LogP contribution in [0.3, 0.4) is 0 Å². The summed E-state index contributed by atoms with van der Waals surface area (Å²) in [6, 6.07) is 20.7. The quantitative estimate of drug-likeness (QED) is 0.699. The first-order valence-electron chi connectivity index (χ1n) is 5.05. The van der Waals surface area contributed by atoms with Gasteiger partial charge in [0.25, 0.3) is 0 Å². The Hall–Kier alpha value is -0.860. The second-order valence-electron chi connectivity index (χ2n) is 3.03. The summed E-state index contributed by atoms with van der Waals surface area (Å²) < 4.78 is 0. The van der Waals surface area contributed by atoms with Crippen molar-refractivity contribution in [1.82, 2.24) is 0 Å². The van der Waals surface area contributed by atoms with E-state index in [2.05, 4.69) is 36.8 Å². The van der Waals surface area contributed by atoms with E-state index in [4.69, 9.17) is 0 Å². The molecule has 0 radical (unpaired) electrons. The smallest absolute Gasteiger partial charge is 0.00691 e. The van der Waals surface area contributed by atoms with Gasteiger partial charge in [0.1, 0.15) is 0 Å². The highest BCUT2D eigenvalue weighted by molar-refractivity contribution is 7.98. The van der Waals surface area contributed by atoms with Crippen LogP contribution in [0.25, 0.3) is 0 Å². The Morgan fingerprint density at radius 1 is 0.562 bits per heavy atom. The largest absolute Gasteiger partial charge is 0.130 e. The predicted molar refractivity (Wildman–Crippen MR) is 76.4 cm³/mol. The highest BCUT2D eigenvalue weighted by atomic mass is 32.2. The molecule has 0 fully saturated rings. The Morgan fingerprint density at radius 2 is 0.875 bits per heavy atom. The van der Waals surface area contributed by atoms with E-state index >= 15 is 0 Å². The number of hydrogen-bond acceptors (Lipinski definition) is 2. The summed E-state index contributed by atoms with van der Waals surface area (Å²) in [5.41, 5.74) is 0. The van der Waals surface area contributed by atoms with Crippen LogP contribution in [0.1, 0.15) is 0 Å². The standard InChI is InChI=1S/2C7H8S/c2*1-8-7-5-3-2-4-6-7/h2*2-6H,1H3. The Labute approximate surface area is 106 Å². The molecule has 84 valence electrons. The first-order valence-corrected chi connectivity index (χ1v) is 7.50. The van der Waals surface area contributed by atoms with E-state index in [1.165, 1.54) is 9.79 Å². The Balaban J connectivity index is 0.000000160. The Bertz CT molecular complexity index is 331. The van der Waals surface area contributed by atoms with Crippen molar-refractivity contribution in [3.05, 3.63) is 60.7 Å². The van der Waals surface area contributed by atoms with Gasteiger partial charge < -0.3 is 0 Å². The van der Waals surface area contributed by atoms with Gasteiger partial charge in [-0.25, -0.2) is 0 Å². The van der Waals surface area contributed by atoms with Crippen molar-refractivity contribution in [3.8, 4) is 0 Å². The van der Waals surface area contributed by atoms with Crippen LogP contribution < -0.4 is 0 Å². The van der Waals surface area contributed by atoms with Crippen molar-refractivity contribution in [2.24, 2.45) is 0 Å². The third-order valence-corrected chi connectivity index (χ3v) is 3.44. The molecule has 2 aromatic rings. The van der Waals surface area contributed by atoms with Crippen LogP contribution in [0, 0.1) is 0 Å². The average molecular weight is 248 g/mol. The maximum absolute atomic E-state index is 2.10. The van der Waals surface area contributed by atoms with E-state index in [0.29, 0.717) is 0 Å². The molecule has 0 atom stereocenters. The second-order valence-corrected chi connectivity index (χ2v) is 4.79. The van der Waals surface area contributed by atoms with Crippen molar-refractivity contribution in [2.75, 3.05) is 12.5 Å². The summed E-state index contributed by atoms with van der Waals surface area (Å²) in [6.07, 6.45) is 4.16. The molecular formula is C14H16S2. The number of thioether (sulfide) groups is 2. The second kappa shape index (κ2) is 8.31. The van der Waals surface area contributed by atoms with Crippen LogP contribution >= 0.6 is 23.5 Å². The van der Waals surface area contributed by atoms with Crippen LogP contribution in [0.4, 0.5) is 0 Å². The summed E-state index contributed by atoms with van der Waals surface area (Å²) in [5, 5.41) is 0. The van der Waals surface area contributed by atoms with Crippen molar-refractivity contribution in [1.29, 1.82) is 0 Å². The summed E-state index contributed by atoms with van der Waals surface area (Å²) in [7, 11) is 0. The van der Waals surface area contributed by atoms with E-state index in [0.717, 1.165) is 0 Å². The minimum absolute atomic E-state index is 1.33. The lowest BCUT2D eigenvalue weighted by atomic mass is 10.4. The fourth-order valence-corrected chi connectivity index (χ4v) is 1.97. The molecule has 0 heterocycles. The molecule has 0 aliphatic rings. The summed E-state index contributed by atoms with van der Waals surface area (Å²) in [6.45, 7) is 0. The average Bonchev–Trinajstić information content (AvgIpc) is 2.41. The monoisotopic (exact) mass is 248 g/mol. The first kappa shape index (κ1) is 13.2. The summed E-state index contributed by atoms with van der Waals surface area (Å²) >= 11 is 3.54. The van der Waals surface area contributed by atoms with Crippen molar-refractivity contribution in [3.63, 3.8) is 0 Å². The molecule has 2 rings (SSSR count). The minimum Gasteiger partial charge on any atom is -0.130 e. The van der Waals surface area contributed by atoms with Crippen LogP contribution in [-0.2, 0) is 0 Å². The van der Waals surface area contributed by atoms with E-state index in [1.807, 2.05) is 36.4 Å². The third kappa shape index (κ3) is 5.29. The molecule has 0 saturated heterocycles. The molecule has 0 aliphatic carbocycles. The Kier molecular flexibility index (Phi) is 6.86. The van der Waals surface area contributed by atoms with Gasteiger partial charge in [-0.3, -0.25) is 0 Å². The zero-order valence-corrected chi connectivity index (χ0v) is 11.2. The fourth-order valence-electron chi connectivity index (χ4n) is 1.11. The lowest BCUT2D eigenvalue weighted by molar-refractivity contribution is 1.47. The highest BCUT2D eigenvalue weighted by Crippen LogP contribution is 2.12. The van der Waals surface area contributed by atoms with E-state index in [9.17, 15) is 0 Å². The van der Waals surface area contributed by atoms with Gasteiger partial charge in [-0.2, -0.15) is 0 Å². The lowest BCUT2D eigenvalue weighted by Crippen LogP contribution is -1.62. The molecule has 0 aromatic heterocycles. The van der Waals surface area contributed by atoms with Crippen molar-refractivity contribution in [2.45, 2.75) is 9.79 Å². The zero-order valence-electron chi connectivity index (χ0n) is 9.59. The number of benzene rings is 2. The van der Waals surface area contributed by atoms with E-state index < -0.39 is 0 Å². The maximum Gasteiger partial charge on any atom is 0.00691 e. The van der Waals surface area contributed by atoms with Crippen LogP contribution in [0.5, 0.6) is 0 Å². The molecule has 2 heteroatoms. The highest BCUT2D eigenvalue weighted by Gasteiger charge is 1.81. The van der Waals surface area contributed by atoms with Crippen molar-refractivity contribution < 1.29 is 0 Å². The zero-order chi connectivity index (χ0) is 11.6. The molecular weight excluding hydrogens is 232 g/mol. The minimum atomic E-state index is 1.33. The van der Waals surface area contributed by atoms with E-state index in [-0.39, 0.29) is 0 Å². The van der Waals surface area contributed by atoms with Crippen LogP contribution in [0.15, 0.2) is 70.5 Å². The maximum atomic E-state index is 2.10. The molecule has 0 unspecified atom stereocenters. The van der Waals surface area contributed by atoms with Gasteiger partial charge in [-0.05, 0) is 36.8 Å². The molecule has 0 aliphatic heterocycles. The fraction of sp³-hybridized carbons (Fsp3) is 0.143. The molecule has 0 bridgehead atoms. The molecule has 0 spiro atoms. The number of hydrogen-bond donors (Lipinski definition) is 0. The van der Waals surface area contributed by atoms with Gasteiger partial charge in [0, 0.05) is 9.79 Å². The van der Waals surface area contributed by atoms with Crippen LogP contribution in [0.2, 0.25) is 0 Å². The normalized spacial score (nSPS) is 9.12. The lowest BCUT2D eigenvalue weighted by Gasteiger charge is -1.89. The van der Waals surface area contributed by atoms with Gasteiger partial charge in [-0.15, -0.1) is 23.5 Å². The van der Waals surface area contributed by atoms with E-state index in [1.54, 1.807) is 23.5 Å². The SMILES string of the molecule is CSc1ccccc1.CSc1ccccc1. The molecule has 0 saturated carbocycles. The molecule has 0 amide bonds. The molecule has 2 aromatic carbocycles. The van der Waals surface area contributed by atoms with Crippen molar-refractivity contribution >= 4 is 23.5 Å². The van der Waals surface area contributed by atoms with Gasteiger partial charge >= 0.3 is 0 Å². The Morgan fingerprint density at radius 3 is 1.06 bits per heavy atom. The van der Waals surface area contributed by atoms with Gasteiger partial charge in [0.15, 0.2) is 0 Å². The number of rotatable bonds is 2. The first-order chi connectivity index (χ1) is 7.86. The third-order valence-electron chi connectivity index (χ3n) is 1.96.